The quantitative estimate of drug-likeness (QED) is 0.838. The zero-order valence-corrected chi connectivity index (χ0v) is 12.0. The molecule has 7 nitrogen and oxygen atoms in total. The van der Waals surface area contributed by atoms with Crippen LogP contribution < -0.4 is 4.72 Å². The average molecular weight is 383 g/mol. The van der Waals surface area contributed by atoms with E-state index in [4.69, 9.17) is 0 Å². The predicted octanol–water partition coefficient (Wildman–Crippen LogP) is 1.53. The number of sulfonamides is 1. The number of aromatic amines is 1. The summed E-state index contributed by atoms with van der Waals surface area (Å²) >= 11 is 6.23. The highest BCUT2D eigenvalue weighted by atomic mass is 79.9. The van der Waals surface area contributed by atoms with Crippen LogP contribution in [0.25, 0.3) is 0 Å². The highest BCUT2D eigenvalue weighted by molar-refractivity contribution is 9.11. The summed E-state index contributed by atoms with van der Waals surface area (Å²) in [6.45, 7) is 0. The van der Waals surface area contributed by atoms with Crippen molar-refractivity contribution >= 4 is 47.7 Å². The van der Waals surface area contributed by atoms with E-state index in [9.17, 15) is 8.42 Å². The third-order valence-electron chi connectivity index (χ3n) is 1.72. The van der Waals surface area contributed by atoms with Crippen molar-refractivity contribution in [1.29, 1.82) is 0 Å². The first-order chi connectivity index (χ1) is 7.99. The Kier molecular flexibility index (Phi) is 3.45. The van der Waals surface area contributed by atoms with Crippen LogP contribution in [-0.4, -0.2) is 28.6 Å². The number of anilines is 1. The number of halogens is 2. The number of hydrogen-bond acceptors (Lipinski definition) is 5. The molecule has 0 fully saturated rings. The van der Waals surface area contributed by atoms with Crippen LogP contribution in [0.2, 0.25) is 0 Å². The van der Waals surface area contributed by atoms with E-state index >= 15 is 0 Å². The van der Waals surface area contributed by atoms with Gasteiger partial charge in [0.2, 0.25) is 0 Å². The molecule has 0 atom stereocenters. The second kappa shape index (κ2) is 4.70. The molecular weight excluding hydrogens is 378 g/mol. The van der Waals surface area contributed by atoms with Gasteiger partial charge < -0.3 is 0 Å². The van der Waals surface area contributed by atoms with Crippen molar-refractivity contribution < 1.29 is 8.42 Å². The fourth-order valence-electron chi connectivity index (χ4n) is 0.987. The van der Waals surface area contributed by atoms with Crippen LogP contribution in [-0.2, 0) is 10.0 Å². The molecule has 0 spiro atoms. The summed E-state index contributed by atoms with van der Waals surface area (Å²) in [5.74, 6) is 0.106. The Morgan fingerprint density at radius 2 is 2.06 bits per heavy atom. The molecule has 2 N–H and O–H groups in total. The first kappa shape index (κ1) is 12.5. The normalized spacial score (nSPS) is 11.4. The molecule has 0 amide bonds. The van der Waals surface area contributed by atoms with Gasteiger partial charge in [-0.1, -0.05) is 0 Å². The zero-order chi connectivity index (χ0) is 12.5. The van der Waals surface area contributed by atoms with Crippen molar-refractivity contribution in [2.45, 2.75) is 4.90 Å². The minimum atomic E-state index is -3.70. The van der Waals surface area contributed by atoms with Gasteiger partial charge in [0.05, 0.1) is 12.4 Å². The molecule has 0 aliphatic rings. The standard InChI is InChI=1S/C7H5Br2N5O2S/c8-5-3-10-7(6(9)13-5)14-17(15,16)4-1-11-12-2-4/h1-3H,(H,10,14)(H,11,12). The molecule has 2 aromatic rings. The molecule has 17 heavy (non-hydrogen) atoms. The molecule has 0 bridgehead atoms. The number of aromatic nitrogens is 4. The van der Waals surface area contributed by atoms with Gasteiger partial charge in [-0.2, -0.15) is 5.10 Å². The molecule has 2 aromatic heterocycles. The van der Waals surface area contributed by atoms with Crippen molar-refractivity contribution in [2.75, 3.05) is 4.72 Å². The summed E-state index contributed by atoms with van der Waals surface area (Å²) in [7, 11) is -3.70. The van der Waals surface area contributed by atoms with E-state index in [-0.39, 0.29) is 10.7 Å². The molecule has 0 aromatic carbocycles. The Hall–Kier alpha value is -1.00. The number of H-pyrrole nitrogens is 1. The van der Waals surface area contributed by atoms with Crippen LogP contribution in [0.1, 0.15) is 0 Å². The van der Waals surface area contributed by atoms with Crippen molar-refractivity contribution in [2.24, 2.45) is 0 Å². The number of nitrogens with zero attached hydrogens (tertiary/aromatic N) is 3. The molecule has 2 heterocycles. The van der Waals surface area contributed by atoms with Gasteiger partial charge >= 0.3 is 0 Å². The Labute approximate surface area is 113 Å². The number of nitrogens with one attached hydrogen (secondary N) is 2. The molecule has 0 saturated heterocycles. The van der Waals surface area contributed by atoms with E-state index in [0.29, 0.717) is 9.21 Å². The SMILES string of the molecule is O=S(=O)(Nc1ncc(Br)nc1Br)c1cn[nH]c1. The third-order valence-corrected chi connectivity index (χ3v) is 3.96. The van der Waals surface area contributed by atoms with Gasteiger partial charge in [0.1, 0.15) is 9.50 Å². The Morgan fingerprint density at radius 3 is 2.65 bits per heavy atom. The molecule has 0 aliphatic heterocycles. The van der Waals surface area contributed by atoms with Crippen LogP contribution in [0.4, 0.5) is 5.82 Å². The van der Waals surface area contributed by atoms with E-state index < -0.39 is 10.0 Å². The number of hydrogen-bond donors (Lipinski definition) is 2. The van der Waals surface area contributed by atoms with Crippen LogP contribution >= 0.6 is 31.9 Å². The van der Waals surface area contributed by atoms with Gasteiger partial charge in [-0.05, 0) is 31.9 Å². The summed E-state index contributed by atoms with van der Waals surface area (Å²) in [6.07, 6.45) is 3.85. The zero-order valence-electron chi connectivity index (χ0n) is 8.05. The second-order valence-corrected chi connectivity index (χ2v) is 6.12. The summed E-state index contributed by atoms with van der Waals surface area (Å²) in [5, 5.41) is 5.99. The maximum Gasteiger partial charge on any atom is 0.266 e. The first-order valence-electron chi connectivity index (χ1n) is 4.19. The highest BCUT2D eigenvalue weighted by Crippen LogP contribution is 2.22. The molecule has 2 rings (SSSR count). The Morgan fingerprint density at radius 1 is 1.29 bits per heavy atom. The minimum absolute atomic E-state index is 0.0223. The van der Waals surface area contributed by atoms with Gasteiger partial charge in [-0.15, -0.1) is 0 Å². The predicted molar refractivity (Wildman–Crippen MR) is 66.8 cm³/mol. The van der Waals surface area contributed by atoms with E-state index in [2.05, 4.69) is 56.7 Å². The van der Waals surface area contributed by atoms with Crippen LogP contribution in [0, 0.1) is 0 Å². The maximum absolute atomic E-state index is 11.8. The second-order valence-electron chi connectivity index (χ2n) is 2.87. The largest absolute Gasteiger partial charge is 0.284 e. The highest BCUT2D eigenvalue weighted by Gasteiger charge is 2.17. The van der Waals surface area contributed by atoms with Crippen molar-refractivity contribution in [3.63, 3.8) is 0 Å². The topological polar surface area (TPSA) is 101 Å². The Balaban J connectivity index is 2.33. The molecule has 0 aliphatic carbocycles. The average Bonchev–Trinajstić information content (AvgIpc) is 2.76. The van der Waals surface area contributed by atoms with Gasteiger partial charge in [0.15, 0.2) is 10.4 Å². The molecule has 0 saturated carbocycles. The van der Waals surface area contributed by atoms with E-state index in [1.807, 2.05) is 0 Å². The fraction of sp³-hybridized carbons (Fsp3) is 0. The molecule has 90 valence electrons. The minimum Gasteiger partial charge on any atom is -0.284 e. The van der Waals surface area contributed by atoms with Crippen LogP contribution in [0.15, 0.2) is 32.7 Å². The maximum atomic E-state index is 11.8. The fourth-order valence-corrected chi connectivity index (χ4v) is 2.95. The number of rotatable bonds is 3. The van der Waals surface area contributed by atoms with E-state index in [1.54, 1.807) is 0 Å². The lowest BCUT2D eigenvalue weighted by Gasteiger charge is -2.06. The van der Waals surface area contributed by atoms with Crippen molar-refractivity contribution in [1.82, 2.24) is 20.2 Å². The molecule has 0 radical (unpaired) electrons. The summed E-state index contributed by atoms with van der Waals surface area (Å²) in [6, 6.07) is 0. The van der Waals surface area contributed by atoms with E-state index in [1.165, 1.54) is 18.6 Å². The smallest absolute Gasteiger partial charge is 0.266 e. The summed E-state index contributed by atoms with van der Waals surface area (Å²) < 4.78 is 26.7. The first-order valence-corrected chi connectivity index (χ1v) is 7.25. The lowest BCUT2D eigenvalue weighted by atomic mass is 10.7. The van der Waals surface area contributed by atoms with Gasteiger partial charge in [-0.25, -0.2) is 18.4 Å². The van der Waals surface area contributed by atoms with Gasteiger partial charge in [0.25, 0.3) is 10.0 Å². The van der Waals surface area contributed by atoms with Crippen LogP contribution in [0.5, 0.6) is 0 Å². The summed E-state index contributed by atoms with van der Waals surface area (Å²) in [5.41, 5.74) is 0. The lowest BCUT2D eigenvalue weighted by molar-refractivity contribution is 0.601. The van der Waals surface area contributed by atoms with Crippen molar-refractivity contribution in [3.05, 3.63) is 27.8 Å². The molecular formula is C7H5Br2N5O2S. The van der Waals surface area contributed by atoms with Crippen molar-refractivity contribution in [3.8, 4) is 0 Å². The monoisotopic (exact) mass is 381 g/mol. The van der Waals surface area contributed by atoms with Crippen LogP contribution in [0.3, 0.4) is 0 Å². The Bertz CT molecular complexity index is 628. The lowest BCUT2D eigenvalue weighted by Crippen LogP contribution is -2.14. The van der Waals surface area contributed by atoms with Gasteiger partial charge in [-0.3, -0.25) is 9.82 Å². The third kappa shape index (κ3) is 2.82. The molecule has 10 heteroatoms. The summed E-state index contributed by atoms with van der Waals surface area (Å²) in [4.78, 5) is 7.88. The van der Waals surface area contributed by atoms with Gasteiger partial charge in [0, 0.05) is 6.20 Å². The van der Waals surface area contributed by atoms with E-state index in [0.717, 1.165) is 0 Å². The molecule has 0 unspecified atom stereocenters.